The van der Waals surface area contributed by atoms with Crippen molar-refractivity contribution in [2.24, 2.45) is 11.8 Å². The maximum atomic E-state index is 11.1. The molecule has 1 heterocycles. The Bertz CT molecular complexity index is 170. The Balaban J connectivity index is 2.45. The fraction of sp³-hybridized carbons (Fsp3) is 0.889. The average Bonchev–Trinajstić information content (AvgIpc) is 2.08. The largest absolute Gasteiger partial charge is 0.286 e. The van der Waals surface area contributed by atoms with E-state index < -0.39 is 0 Å². The zero-order valence-corrected chi connectivity index (χ0v) is 7.79. The minimum absolute atomic E-state index is 0.119. The molecular weight excluding hydrogens is 154 g/mol. The van der Waals surface area contributed by atoms with Crippen LogP contribution in [0.25, 0.3) is 0 Å². The van der Waals surface area contributed by atoms with Gasteiger partial charge in [0.15, 0.2) is 0 Å². The second-order valence-electron chi connectivity index (χ2n) is 3.66. The molecule has 70 valence electrons. The molecule has 1 saturated heterocycles. The summed E-state index contributed by atoms with van der Waals surface area (Å²) in [5.41, 5.74) is 0. The lowest BCUT2D eigenvalue weighted by molar-refractivity contribution is -0.173. The van der Waals surface area contributed by atoms with Crippen LogP contribution in [-0.4, -0.2) is 22.7 Å². The van der Waals surface area contributed by atoms with Crippen LogP contribution in [0, 0.1) is 11.8 Å². The highest BCUT2D eigenvalue weighted by molar-refractivity contribution is 5.75. The van der Waals surface area contributed by atoms with Crippen LogP contribution in [-0.2, 0) is 4.79 Å². The van der Waals surface area contributed by atoms with Crippen molar-refractivity contribution < 1.29 is 10.0 Å². The van der Waals surface area contributed by atoms with Crippen LogP contribution in [0.5, 0.6) is 0 Å². The van der Waals surface area contributed by atoms with Gasteiger partial charge in [0, 0.05) is 13.0 Å². The lowest BCUT2D eigenvalue weighted by Gasteiger charge is -2.30. The third kappa shape index (κ3) is 1.97. The molecule has 0 aromatic heterocycles. The zero-order valence-electron chi connectivity index (χ0n) is 7.79. The number of hydroxylamine groups is 2. The van der Waals surface area contributed by atoms with Crippen molar-refractivity contribution in [1.29, 1.82) is 0 Å². The van der Waals surface area contributed by atoms with Gasteiger partial charge in [-0.05, 0) is 18.3 Å². The summed E-state index contributed by atoms with van der Waals surface area (Å²) < 4.78 is 0. The van der Waals surface area contributed by atoms with Crippen molar-refractivity contribution in [1.82, 2.24) is 5.06 Å². The Morgan fingerprint density at radius 2 is 2.42 bits per heavy atom. The van der Waals surface area contributed by atoms with E-state index in [4.69, 9.17) is 5.21 Å². The van der Waals surface area contributed by atoms with Crippen molar-refractivity contribution >= 4 is 5.91 Å². The predicted octanol–water partition coefficient (Wildman–Crippen LogP) is 1.66. The molecule has 0 spiro atoms. The van der Waals surface area contributed by atoms with E-state index >= 15 is 0 Å². The first-order valence-corrected chi connectivity index (χ1v) is 4.64. The minimum Gasteiger partial charge on any atom is -0.286 e. The maximum absolute atomic E-state index is 11.1. The molecular formula is C9H17NO2. The van der Waals surface area contributed by atoms with E-state index in [1.807, 2.05) is 0 Å². The number of piperidine rings is 1. The van der Waals surface area contributed by atoms with Gasteiger partial charge in [0.25, 0.3) is 0 Å². The summed E-state index contributed by atoms with van der Waals surface area (Å²) in [6.07, 6.45) is 2.58. The first-order valence-electron chi connectivity index (χ1n) is 4.64. The van der Waals surface area contributed by atoms with Gasteiger partial charge in [-0.25, -0.2) is 5.06 Å². The Morgan fingerprint density at radius 1 is 1.75 bits per heavy atom. The summed E-state index contributed by atoms with van der Waals surface area (Å²) in [4.78, 5) is 11.1. The second-order valence-corrected chi connectivity index (χ2v) is 3.66. The molecule has 0 saturated carbocycles. The summed E-state index contributed by atoms with van der Waals surface area (Å²) in [6, 6.07) is 0. The summed E-state index contributed by atoms with van der Waals surface area (Å²) in [5.74, 6) is 0.958. The molecule has 3 heteroatoms. The van der Waals surface area contributed by atoms with Crippen LogP contribution in [0.1, 0.15) is 33.1 Å². The molecule has 0 radical (unpaired) electrons. The molecule has 1 aliphatic rings. The molecule has 0 aliphatic carbocycles. The summed E-state index contributed by atoms with van der Waals surface area (Å²) in [5, 5.41) is 9.88. The van der Waals surface area contributed by atoms with Gasteiger partial charge in [0.05, 0.1) is 0 Å². The fourth-order valence-corrected chi connectivity index (χ4v) is 1.66. The molecule has 1 fully saturated rings. The van der Waals surface area contributed by atoms with Gasteiger partial charge in [-0.3, -0.25) is 10.0 Å². The lowest BCUT2D eigenvalue weighted by atomic mass is 9.84. The molecule has 1 aliphatic heterocycles. The number of carbonyl (C=O) groups excluding carboxylic acids is 1. The number of amides is 1. The number of rotatable bonds is 2. The number of nitrogens with zero attached hydrogens (tertiary/aromatic N) is 1. The highest BCUT2D eigenvalue weighted by Gasteiger charge is 2.27. The number of carbonyl (C=O) groups is 1. The topological polar surface area (TPSA) is 40.5 Å². The van der Waals surface area contributed by atoms with Crippen LogP contribution in [0.4, 0.5) is 0 Å². The van der Waals surface area contributed by atoms with Crippen molar-refractivity contribution in [2.75, 3.05) is 6.54 Å². The van der Waals surface area contributed by atoms with Crippen molar-refractivity contribution in [2.45, 2.75) is 33.1 Å². The first kappa shape index (κ1) is 9.52. The summed E-state index contributed by atoms with van der Waals surface area (Å²) in [7, 11) is 0. The van der Waals surface area contributed by atoms with Crippen molar-refractivity contribution in [3.8, 4) is 0 Å². The van der Waals surface area contributed by atoms with Crippen LogP contribution in [0.15, 0.2) is 0 Å². The molecule has 1 rings (SSSR count). The molecule has 1 amide bonds. The highest BCUT2D eigenvalue weighted by Crippen LogP contribution is 2.26. The van der Waals surface area contributed by atoms with Gasteiger partial charge in [0.1, 0.15) is 0 Å². The van der Waals surface area contributed by atoms with Crippen LogP contribution in [0.2, 0.25) is 0 Å². The minimum atomic E-state index is -0.119. The Hall–Kier alpha value is -0.570. The molecule has 12 heavy (non-hydrogen) atoms. The number of hydrogen-bond acceptors (Lipinski definition) is 2. The molecule has 0 aromatic carbocycles. The monoisotopic (exact) mass is 171 g/mol. The normalized spacial score (nSPS) is 27.4. The quantitative estimate of drug-likeness (QED) is 0.642. The maximum Gasteiger partial charge on any atom is 0.246 e. The van der Waals surface area contributed by atoms with Crippen LogP contribution < -0.4 is 0 Å². The molecule has 0 aromatic rings. The van der Waals surface area contributed by atoms with Gasteiger partial charge >= 0.3 is 0 Å². The lowest BCUT2D eigenvalue weighted by Crippen LogP contribution is -2.37. The van der Waals surface area contributed by atoms with Gasteiger partial charge in [-0.15, -0.1) is 0 Å². The van der Waals surface area contributed by atoms with E-state index in [0.29, 0.717) is 24.8 Å². The highest BCUT2D eigenvalue weighted by atomic mass is 16.5. The van der Waals surface area contributed by atoms with E-state index in [0.717, 1.165) is 17.9 Å². The third-order valence-electron chi connectivity index (χ3n) is 2.89. The predicted molar refractivity (Wildman–Crippen MR) is 45.7 cm³/mol. The molecule has 0 bridgehead atoms. The van der Waals surface area contributed by atoms with Crippen LogP contribution in [0.3, 0.4) is 0 Å². The SMILES string of the molecule is CCC(C)C1CCN(O)C(=O)C1. The standard InChI is InChI=1S/C9H17NO2/c1-3-7(2)8-4-5-10(12)9(11)6-8/h7-8,12H,3-6H2,1-2H3. The van der Waals surface area contributed by atoms with Gasteiger partial charge in [0.2, 0.25) is 5.91 Å². The van der Waals surface area contributed by atoms with E-state index in [-0.39, 0.29) is 5.91 Å². The molecule has 3 nitrogen and oxygen atoms in total. The van der Waals surface area contributed by atoms with Crippen molar-refractivity contribution in [3.05, 3.63) is 0 Å². The summed E-state index contributed by atoms with van der Waals surface area (Å²) >= 11 is 0. The Labute approximate surface area is 73.3 Å². The molecule has 1 N–H and O–H groups in total. The van der Waals surface area contributed by atoms with E-state index in [9.17, 15) is 4.79 Å². The van der Waals surface area contributed by atoms with E-state index in [1.165, 1.54) is 0 Å². The second kappa shape index (κ2) is 3.90. The first-order chi connectivity index (χ1) is 5.65. The van der Waals surface area contributed by atoms with Gasteiger partial charge in [-0.2, -0.15) is 0 Å². The van der Waals surface area contributed by atoms with E-state index in [1.54, 1.807) is 0 Å². The molecule has 2 atom stereocenters. The Morgan fingerprint density at radius 3 is 2.92 bits per heavy atom. The third-order valence-corrected chi connectivity index (χ3v) is 2.89. The van der Waals surface area contributed by atoms with Crippen molar-refractivity contribution in [3.63, 3.8) is 0 Å². The van der Waals surface area contributed by atoms with Gasteiger partial charge < -0.3 is 0 Å². The smallest absolute Gasteiger partial charge is 0.246 e. The summed E-state index contributed by atoms with van der Waals surface area (Å²) in [6.45, 7) is 4.82. The van der Waals surface area contributed by atoms with Gasteiger partial charge in [-0.1, -0.05) is 20.3 Å². The Kier molecular flexibility index (Phi) is 3.09. The fourth-order valence-electron chi connectivity index (χ4n) is 1.66. The van der Waals surface area contributed by atoms with Crippen LogP contribution >= 0.6 is 0 Å². The zero-order chi connectivity index (χ0) is 9.14. The van der Waals surface area contributed by atoms with E-state index in [2.05, 4.69) is 13.8 Å². The molecule has 2 unspecified atom stereocenters. The average molecular weight is 171 g/mol. The number of hydrogen-bond donors (Lipinski definition) is 1.